The molecule has 10 nitrogen and oxygen atoms in total. The Kier molecular flexibility index (Phi) is 8.39. The first-order valence-corrected chi connectivity index (χ1v) is 13.5. The molecule has 39 heavy (non-hydrogen) atoms. The number of amides is 2. The van der Waals surface area contributed by atoms with Gasteiger partial charge in [-0.3, -0.25) is 14.9 Å². The molecule has 2 atom stereocenters. The Morgan fingerprint density at radius 3 is 2.49 bits per heavy atom. The average molecular weight is 557 g/mol. The molecule has 0 spiro atoms. The van der Waals surface area contributed by atoms with E-state index in [0.717, 1.165) is 28.5 Å². The molecular weight excluding hydrogens is 524 g/mol. The van der Waals surface area contributed by atoms with Crippen molar-refractivity contribution in [3.8, 4) is 17.2 Å². The first kappa shape index (κ1) is 28.3. The predicted octanol–water partition coefficient (Wildman–Crippen LogP) is 4.25. The van der Waals surface area contributed by atoms with Gasteiger partial charge in [-0.1, -0.05) is 29.1 Å². The Hall–Kier alpha value is -3.73. The number of rotatable bonds is 9. The van der Waals surface area contributed by atoms with Crippen molar-refractivity contribution in [2.24, 2.45) is 5.16 Å². The molecular formula is C28H32N2O8S. The molecule has 4 rings (SSSR count). The summed E-state index contributed by atoms with van der Waals surface area (Å²) in [5.41, 5.74) is 3.47. The van der Waals surface area contributed by atoms with Gasteiger partial charge < -0.3 is 24.2 Å². The largest absolute Gasteiger partial charge is 0.489 e. The smallest absolute Gasteiger partial charge is 0.344 e. The van der Waals surface area contributed by atoms with Crippen molar-refractivity contribution in [2.45, 2.75) is 58.3 Å². The first-order valence-electron chi connectivity index (χ1n) is 12.6. The van der Waals surface area contributed by atoms with Crippen LogP contribution in [0.4, 0.5) is 4.79 Å². The number of nitrogens with zero attached hydrogens (tertiary/aromatic N) is 1. The molecule has 2 unspecified atom stereocenters. The highest BCUT2D eigenvalue weighted by Crippen LogP contribution is 2.44. The fourth-order valence-electron chi connectivity index (χ4n) is 4.71. The molecule has 0 aliphatic carbocycles. The molecule has 2 N–H and O–H groups in total. The number of thioether (sulfide) groups is 1. The van der Waals surface area contributed by atoms with Crippen molar-refractivity contribution in [1.29, 1.82) is 0 Å². The Morgan fingerprint density at radius 2 is 1.87 bits per heavy atom. The van der Waals surface area contributed by atoms with Crippen molar-refractivity contribution >= 4 is 34.6 Å². The highest BCUT2D eigenvalue weighted by Gasteiger charge is 2.40. The zero-order valence-electron chi connectivity index (χ0n) is 22.6. The summed E-state index contributed by atoms with van der Waals surface area (Å²) in [6.45, 7) is 9.45. The summed E-state index contributed by atoms with van der Waals surface area (Å²) in [4.78, 5) is 35.1. The lowest BCUT2D eigenvalue weighted by atomic mass is 9.86. The molecule has 2 aliphatic heterocycles. The van der Waals surface area contributed by atoms with Crippen LogP contribution in [0.15, 0.2) is 29.4 Å². The van der Waals surface area contributed by atoms with E-state index in [0.29, 0.717) is 40.5 Å². The summed E-state index contributed by atoms with van der Waals surface area (Å²) < 4.78 is 23.3. The molecule has 0 radical (unpaired) electrons. The third-order valence-electron chi connectivity index (χ3n) is 6.78. The van der Waals surface area contributed by atoms with Crippen LogP contribution in [-0.4, -0.2) is 58.7 Å². The van der Waals surface area contributed by atoms with Crippen LogP contribution >= 0.6 is 11.8 Å². The summed E-state index contributed by atoms with van der Waals surface area (Å²) in [6, 6.07) is 7.34. The molecule has 0 bridgehead atoms. The van der Waals surface area contributed by atoms with Crippen LogP contribution in [0.2, 0.25) is 0 Å². The predicted molar refractivity (Wildman–Crippen MR) is 145 cm³/mol. The maximum absolute atomic E-state index is 11.8. The lowest BCUT2D eigenvalue weighted by Gasteiger charge is -2.38. The van der Waals surface area contributed by atoms with Crippen LogP contribution in [-0.2, 0) is 20.7 Å². The van der Waals surface area contributed by atoms with E-state index in [4.69, 9.17) is 18.9 Å². The zero-order valence-corrected chi connectivity index (χ0v) is 23.4. The maximum atomic E-state index is 11.8. The van der Waals surface area contributed by atoms with Crippen molar-refractivity contribution in [2.75, 3.05) is 19.8 Å². The van der Waals surface area contributed by atoms with E-state index in [-0.39, 0.29) is 37.4 Å². The Bertz CT molecular complexity index is 1320. The minimum absolute atomic E-state index is 0.179. The summed E-state index contributed by atoms with van der Waals surface area (Å²) in [7, 11) is 0. The number of carbonyl (C=O) groups is 3. The number of hydrogen-bond donors (Lipinski definition) is 2. The monoisotopic (exact) mass is 556 g/mol. The fraction of sp³-hybridized carbons (Fsp3) is 0.429. The van der Waals surface area contributed by atoms with E-state index < -0.39 is 16.8 Å². The molecule has 2 amide bonds. The van der Waals surface area contributed by atoms with Crippen LogP contribution in [0.1, 0.15) is 48.1 Å². The topological polar surface area (TPSA) is 133 Å². The number of carbonyl (C=O) groups excluding carboxylic acids is 3. The number of hydrogen-bond acceptors (Lipinski definition) is 10. The SMILES string of the molecule is CCOC(=O)COc1c(C)c(C)c2c(c1C)/C(=N/O)CC(C)(COc1ccc(CC3SC(=O)NC3=O)cc1)O2. The summed E-state index contributed by atoms with van der Waals surface area (Å²) in [6.07, 6.45) is 0.719. The first-order chi connectivity index (χ1) is 18.5. The molecule has 0 aromatic heterocycles. The maximum Gasteiger partial charge on any atom is 0.344 e. The molecule has 1 fully saturated rings. The average Bonchev–Trinajstić information content (AvgIpc) is 3.22. The van der Waals surface area contributed by atoms with Crippen LogP contribution in [0.5, 0.6) is 17.2 Å². The van der Waals surface area contributed by atoms with Gasteiger partial charge >= 0.3 is 5.97 Å². The second kappa shape index (κ2) is 11.6. The van der Waals surface area contributed by atoms with Crippen LogP contribution in [0.3, 0.4) is 0 Å². The highest BCUT2D eigenvalue weighted by atomic mass is 32.2. The quantitative estimate of drug-likeness (QED) is 0.264. The minimum atomic E-state index is -0.830. The van der Waals surface area contributed by atoms with E-state index in [1.165, 1.54) is 0 Å². The van der Waals surface area contributed by atoms with E-state index >= 15 is 0 Å². The van der Waals surface area contributed by atoms with E-state index in [1.54, 1.807) is 6.92 Å². The highest BCUT2D eigenvalue weighted by molar-refractivity contribution is 8.15. The fourth-order valence-corrected chi connectivity index (χ4v) is 5.57. The standard InChI is InChI=1S/C28H32N2O8S/c1-6-35-22(31)13-36-24-15(2)16(3)25-23(17(24)4)20(30-34)12-28(5,38-25)14-37-19-9-7-18(8-10-19)11-21-26(32)29-27(33)39-21/h7-10,21,34H,6,11-14H2,1-5H3,(H,29,32,33)/b30-20+. The number of esters is 1. The third kappa shape index (κ3) is 6.13. The van der Waals surface area contributed by atoms with Gasteiger partial charge in [0.05, 0.1) is 17.6 Å². The van der Waals surface area contributed by atoms with Gasteiger partial charge in [-0.2, -0.15) is 0 Å². The third-order valence-corrected chi connectivity index (χ3v) is 7.76. The van der Waals surface area contributed by atoms with Gasteiger partial charge in [-0.25, -0.2) is 4.79 Å². The summed E-state index contributed by atoms with van der Waals surface area (Å²) >= 11 is 1.00. The number of nitrogens with one attached hydrogen (secondary N) is 1. The lowest BCUT2D eigenvalue weighted by Crippen LogP contribution is -2.45. The molecule has 0 saturated carbocycles. The summed E-state index contributed by atoms with van der Waals surface area (Å²) in [5.74, 6) is 0.989. The van der Waals surface area contributed by atoms with Crippen LogP contribution in [0.25, 0.3) is 0 Å². The van der Waals surface area contributed by atoms with Gasteiger partial charge in [-0.05, 0) is 69.9 Å². The van der Waals surface area contributed by atoms with Gasteiger partial charge in [0.25, 0.3) is 5.24 Å². The second-order valence-corrected chi connectivity index (χ2v) is 11.0. The molecule has 2 aliphatic rings. The van der Waals surface area contributed by atoms with Crippen molar-refractivity contribution in [1.82, 2.24) is 5.32 Å². The molecule has 2 aromatic rings. The van der Waals surface area contributed by atoms with Gasteiger partial charge in [0.2, 0.25) is 5.91 Å². The molecule has 2 heterocycles. The lowest BCUT2D eigenvalue weighted by molar-refractivity contribution is -0.145. The number of fused-ring (bicyclic) bond motifs is 1. The number of ether oxygens (including phenoxy) is 4. The van der Waals surface area contributed by atoms with Gasteiger partial charge in [0, 0.05) is 17.5 Å². The summed E-state index contributed by atoms with van der Waals surface area (Å²) in [5, 5.41) is 15.1. The molecule has 208 valence electrons. The Balaban J connectivity index is 1.48. The number of imide groups is 1. The molecule has 1 saturated heterocycles. The van der Waals surface area contributed by atoms with Gasteiger partial charge in [-0.15, -0.1) is 0 Å². The second-order valence-electron chi connectivity index (χ2n) is 9.80. The Labute approximate surface area is 231 Å². The van der Waals surface area contributed by atoms with Crippen molar-refractivity contribution in [3.63, 3.8) is 0 Å². The van der Waals surface area contributed by atoms with E-state index in [9.17, 15) is 19.6 Å². The van der Waals surface area contributed by atoms with E-state index in [2.05, 4.69) is 10.5 Å². The van der Waals surface area contributed by atoms with Gasteiger partial charge in [0.15, 0.2) is 6.61 Å². The number of oxime groups is 1. The van der Waals surface area contributed by atoms with Gasteiger partial charge in [0.1, 0.15) is 29.5 Å². The minimum Gasteiger partial charge on any atom is -0.489 e. The van der Waals surface area contributed by atoms with Crippen LogP contribution in [0, 0.1) is 20.8 Å². The normalized spacial score (nSPS) is 21.3. The van der Waals surface area contributed by atoms with E-state index in [1.807, 2.05) is 52.0 Å². The van der Waals surface area contributed by atoms with Crippen LogP contribution < -0.4 is 19.5 Å². The van der Waals surface area contributed by atoms with Crippen molar-refractivity contribution < 1.29 is 38.5 Å². The zero-order chi connectivity index (χ0) is 28.3. The number of benzene rings is 2. The molecule has 2 aromatic carbocycles. The van der Waals surface area contributed by atoms with Crippen molar-refractivity contribution in [3.05, 3.63) is 52.1 Å². The Morgan fingerprint density at radius 1 is 1.15 bits per heavy atom. The molecule has 11 heteroatoms.